The van der Waals surface area contributed by atoms with Gasteiger partial charge in [-0.3, -0.25) is 0 Å². The van der Waals surface area contributed by atoms with Gasteiger partial charge >= 0.3 is 0 Å². The maximum atomic E-state index is 10.4. The number of aliphatic hydroxyl groups is 1. The van der Waals surface area contributed by atoms with Gasteiger partial charge < -0.3 is 9.84 Å². The van der Waals surface area contributed by atoms with Gasteiger partial charge in [0.25, 0.3) is 0 Å². The summed E-state index contributed by atoms with van der Waals surface area (Å²) >= 11 is 0. The van der Waals surface area contributed by atoms with Crippen LogP contribution in [0.1, 0.15) is 42.9 Å². The molecule has 0 amide bonds. The smallest absolute Gasteiger partial charge is 0.0915 e. The van der Waals surface area contributed by atoms with Gasteiger partial charge in [0.2, 0.25) is 0 Å². The highest BCUT2D eigenvalue weighted by Crippen LogP contribution is 2.29. The van der Waals surface area contributed by atoms with Crippen molar-refractivity contribution in [1.82, 2.24) is 0 Å². The first-order valence-electron chi connectivity index (χ1n) is 6.89. The summed E-state index contributed by atoms with van der Waals surface area (Å²) in [6.07, 6.45) is 3.49. The molecule has 0 aliphatic carbocycles. The molecular weight excluding hydrogens is 224 g/mol. The van der Waals surface area contributed by atoms with Crippen molar-refractivity contribution in [2.24, 2.45) is 0 Å². The fraction of sp³-hybridized carbons (Fsp3) is 0.625. The molecule has 0 radical (unpaired) electrons. The summed E-state index contributed by atoms with van der Waals surface area (Å²) in [4.78, 5) is 0. The summed E-state index contributed by atoms with van der Waals surface area (Å²) in [6.45, 7) is 7.05. The lowest BCUT2D eigenvalue weighted by atomic mass is 9.86. The number of benzene rings is 1. The molecule has 1 aromatic carbocycles. The number of hydrogen-bond acceptors (Lipinski definition) is 2. The number of aryl methyl sites for hydroxylation is 2. The van der Waals surface area contributed by atoms with Crippen LogP contribution in [-0.2, 0) is 11.2 Å². The second-order valence-electron chi connectivity index (χ2n) is 5.76. The molecule has 0 bridgehead atoms. The molecule has 18 heavy (non-hydrogen) atoms. The topological polar surface area (TPSA) is 29.5 Å². The Morgan fingerprint density at radius 2 is 2.06 bits per heavy atom. The third kappa shape index (κ3) is 2.93. The van der Waals surface area contributed by atoms with Gasteiger partial charge in [-0.15, -0.1) is 0 Å². The summed E-state index contributed by atoms with van der Waals surface area (Å²) < 4.78 is 5.80. The monoisotopic (exact) mass is 248 g/mol. The molecule has 2 nitrogen and oxygen atoms in total. The molecule has 1 fully saturated rings. The molecule has 1 aliphatic heterocycles. The second-order valence-corrected chi connectivity index (χ2v) is 5.76. The van der Waals surface area contributed by atoms with Crippen LogP contribution in [0.15, 0.2) is 18.2 Å². The Morgan fingerprint density at radius 3 is 2.67 bits per heavy atom. The lowest BCUT2D eigenvalue weighted by Gasteiger charge is -2.38. The van der Waals surface area contributed by atoms with E-state index in [2.05, 4.69) is 32.0 Å². The first-order chi connectivity index (χ1) is 8.51. The Balaban J connectivity index is 2.05. The zero-order chi connectivity index (χ0) is 13.2. The van der Waals surface area contributed by atoms with E-state index in [0.29, 0.717) is 6.42 Å². The number of ether oxygens (including phenoxy) is 1. The van der Waals surface area contributed by atoms with E-state index in [1.54, 1.807) is 0 Å². The maximum Gasteiger partial charge on any atom is 0.0915 e. The molecule has 2 rings (SSSR count). The van der Waals surface area contributed by atoms with E-state index in [0.717, 1.165) is 25.9 Å². The molecule has 0 aromatic heterocycles. The predicted molar refractivity (Wildman–Crippen MR) is 73.8 cm³/mol. The molecule has 1 aliphatic rings. The third-order valence-electron chi connectivity index (χ3n) is 4.20. The lowest BCUT2D eigenvalue weighted by molar-refractivity contribution is -0.135. The van der Waals surface area contributed by atoms with E-state index in [1.807, 2.05) is 6.92 Å². The van der Waals surface area contributed by atoms with Crippen LogP contribution in [0.3, 0.4) is 0 Å². The van der Waals surface area contributed by atoms with Crippen LogP contribution in [0.4, 0.5) is 0 Å². The van der Waals surface area contributed by atoms with Crippen LogP contribution >= 0.6 is 0 Å². The van der Waals surface area contributed by atoms with Crippen LogP contribution in [0.2, 0.25) is 0 Å². The molecule has 1 heterocycles. The summed E-state index contributed by atoms with van der Waals surface area (Å²) in [5.41, 5.74) is 3.42. The van der Waals surface area contributed by atoms with Crippen LogP contribution in [0.5, 0.6) is 0 Å². The van der Waals surface area contributed by atoms with Gasteiger partial charge in [-0.05, 0) is 56.7 Å². The van der Waals surface area contributed by atoms with E-state index in [9.17, 15) is 5.11 Å². The van der Waals surface area contributed by atoms with E-state index < -0.39 is 6.10 Å². The minimum Gasteiger partial charge on any atom is -0.390 e. The van der Waals surface area contributed by atoms with Crippen molar-refractivity contribution < 1.29 is 9.84 Å². The average molecular weight is 248 g/mol. The van der Waals surface area contributed by atoms with Crippen molar-refractivity contribution in [2.75, 3.05) is 6.61 Å². The van der Waals surface area contributed by atoms with Gasteiger partial charge in [0.05, 0.1) is 11.7 Å². The van der Waals surface area contributed by atoms with Crippen molar-refractivity contribution in [3.05, 3.63) is 34.9 Å². The predicted octanol–water partition coefficient (Wildman–Crippen LogP) is 3.17. The molecule has 0 spiro atoms. The van der Waals surface area contributed by atoms with Crippen molar-refractivity contribution in [3.8, 4) is 0 Å². The van der Waals surface area contributed by atoms with E-state index in [1.165, 1.54) is 16.7 Å². The molecule has 2 atom stereocenters. The minimum atomic E-state index is -0.417. The summed E-state index contributed by atoms with van der Waals surface area (Å²) in [6, 6.07) is 6.41. The summed E-state index contributed by atoms with van der Waals surface area (Å²) in [5.74, 6) is 0. The fourth-order valence-corrected chi connectivity index (χ4v) is 2.59. The highest BCUT2D eigenvalue weighted by molar-refractivity contribution is 5.30. The zero-order valence-electron chi connectivity index (χ0n) is 11.7. The molecule has 0 saturated carbocycles. The normalized spacial score (nSPS) is 26.0. The standard InChI is InChI=1S/C16H24O2/c1-12-6-7-14(10-13(12)2)11-15(17)16(3)8-4-5-9-18-16/h6-7,10,15,17H,4-5,8-9,11H2,1-3H3. The van der Waals surface area contributed by atoms with Gasteiger partial charge in [-0.25, -0.2) is 0 Å². The minimum absolute atomic E-state index is 0.364. The van der Waals surface area contributed by atoms with Gasteiger partial charge in [-0.2, -0.15) is 0 Å². The Labute approximate surface area is 110 Å². The SMILES string of the molecule is Cc1ccc(CC(O)C2(C)CCCCO2)cc1C. The van der Waals surface area contributed by atoms with Crippen molar-refractivity contribution in [2.45, 2.75) is 58.2 Å². The Bertz CT molecular complexity index is 406. The number of aliphatic hydroxyl groups excluding tert-OH is 1. The van der Waals surface area contributed by atoms with Gasteiger partial charge in [0.15, 0.2) is 0 Å². The van der Waals surface area contributed by atoms with Gasteiger partial charge in [-0.1, -0.05) is 18.2 Å². The average Bonchev–Trinajstić information content (AvgIpc) is 2.35. The highest BCUT2D eigenvalue weighted by Gasteiger charge is 2.35. The number of rotatable bonds is 3. The molecule has 1 aromatic rings. The first-order valence-corrected chi connectivity index (χ1v) is 6.89. The Kier molecular flexibility index (Phi) is 4.08. The molecule has 1 saturated heterocycles. The van der Waals surface area contributed by atoms with E-state index >= 15 is 0 Å². The van der Waals surface area contributed by atoms with Crippen molar-refractivity contribution >= 4 is 0 Å². The lowest BCUT2D eigenvalue weighted by Crippen LogP contribution is -2.45. The van der Waals surface area contributed by atoms with E-state index in [-0.39, 0.29) is 5.60 Å². The Hall–Kier alpha value is -0.860. The maximum absolute atomic E-state index is 10.4. The molecular formula is C16H24O2. The van der Waals surface area contributed by atoms with Gasteiger partial charge in [0.1, 0.15) is 0 Å². The van der Waals surface area contributed by atoms with Crippen LogP contribution < -0.4 is 0 Å². The largest absolute Gasteiger partial charge is 0.390 e. The fourth-order valence-electron chi connectivity index (χ4n) is 2.59. The summed E-state index contributed by atoms with van der Waals surface area (Å²) in [5, 5.41) is 10.4. The molecule has 100 valence electrons. The van der Waals surface area contributed by atoms with Crippen molar-refractivity contribution in [3.63, 3.8) is 0 Å². The highest BCUT2D eigenvalue weighted by atomic mass is 16.5. The summed E-state index contributed by atoms with van der Waals surface area (Å²) in [7, 11) is 0. The quantitative estimate of drug-likeness (QED) is 0.890. The van der Waals surface area contributed by atoms with Crippen LogP contribution in [0.25, 0.3) is 0 Å². The Morgan fingerprint density at radius 1 is 1.28 bits per heavy atom. The number of hydrogen-bond donors (Lipinski definition) is 1. The molecule has 1 N–H and O–H groups in total. The zero-order valence-corrected chi connectivity index (χ0v) is 11.7. The molecule has 2 heteroatoms. The first kappa shape index (κ1) is 13.6. The second kappa shape index (κ2) is 5.41. The molecule has 2 unspecified atom stereocenters. The van der Waals surface area contributed by atoms with Crippen molar-refractivity contribution in [1.29, 1.82) is 0 Å². The van der Waals surface area contributed by atoms with Crippen LogP contribution in [0, 0.1) is 13.8 Å². The van der Waals surface area contributed by atoms with E-state index in [4.69, 9.17) is 4.74 Å². The van der Waals surface area contributed by atoms with Gasteiger partial charge in [0, 0.05) is 13.0 Å². The van der Waals surface area contributed by atoms with Crippen LogP contribution in [-0.4, -0.2) is 23.4 Å². The third-order valence-corrected chi connectivity index (χ3v) is 4.20.